The number of benzene rings is 3. The van der Waals surface area contributed by atoms with Crippen molar-refractivity contribution < 1.29 is 24.4 Å². The second-order valence-corrected chi connectivity index (χ2v) is 14.3. The van der Waals surface area contributed by atoms with Crippen LogP contribution in [0.25, 0.3) is 11.6 Å². The van der Waals surface area contributed by atoms with E-state index in [9.17, 15) is 19.7 Å². The van der Waals surface area contributed by atoms with Crippen molar-refractivity contribution in [2.24, 2.45) is 17.8 Å². The first-order chi connectivity index (χ1) is 23.9. The Bertz CT molecular complexity index is 1680. The summed E-state index contributed by atoms with van der Waals surface area (Å²) in [4.78, 5) is 32.5. The van der Waals surface area contributed by atoms with E-state index in [1.807, 2.05) is 36.4 Å². The van der Waals surface area contributed by atoms with Gasteiger partial charge in [0.05, 0.1) is 17.9 Å². The molecule has 3 aromatic carbocycles. The number of piperidine rings is 1. The van der Waals surface area contributed by atoms with Crippen molar-refractivity contribution in [1.29, 1.82) is 0 Å². The van der Waals surface area contributed by atoms with Crippen LogP contribution in [0.5, 0.6) is 5.75 Å². The molecule has 7 nitrogen and oxygen atoms in total. The van der Waals surface area contributed by atoms with Crippen molar-refractivity contribution in [2.45, 2.75) is 76.9 Å². The third kappa shape index (κ3) is 7.19. The van der Waals surface area contributed by atoms with E-state index < -0.39 is 13.0 Å². The molecule has 49 heavy (non-hydrogen) atoms. The number of phenols is 1. The molecule has 1 aliphatic carbocycles. The van der Waals surface area contributed by atoms with Crippen LogP contribution in [0.4, 0.5) is 0 Å². The van der Waals surface area contributed by atoms with E-state index in [1.54, 1.807) is 17.0 Å². The molecule has 4 atom stereocenters. The molecular formula is C41H47BN2O5. The van der Waals surface area contributed by atoms with Gasteiger partial charge < -0.3 is 14.8 Å². The van der Waals surface area contributed by atoms with Crippen molar-refractivity contribution in [3.05, 3.63) is 113 Å². The highest BCUT2D eigenvalue weighted by Gasteiger charge is 2.58. The van der Waals surface area contributed by atoms with Gasteiger partial charge in [-0.15, -0.1) is 0 Å². The van der Waals surface area contributed by atoms with Crippen LogP contribution in [0.1, 0.15) is 68.6 Å². The predicted molar refractivity (Wildman–Crippen MR) is 193 cm³/mol. The smallest absolute Gasteiger partial charge is 0.455 e. The predicted octanol–water partition coefficient (Wildman–Crippen LogP) is 6.97. The number of imide groups is 1. The molecule has 0 spiro atoms. The normalized spacial score (nSPS) is 25.1. The zero-order chi connectivity index (χ0) is 33.9. The van der Waals surface area contributed by atoms with Crippen LogP contribution in [0, 0.1) is 17.8 Å². The minimum Gasteiger partial charge on any atom is -0.508 e. The Morgan fingerprint density at radius 1 is 0.918 bits per heavy atom. The maximum atomic E-state index is 14.4. The minimum atomic E-state index is -0.986. The first kappa shape index (κ1) is 33.5. The van der Waals surface area contributed by atoms with Crippen LogP contribution in [0.15, 0.2) is 96.1 Å². The summed E-state index contributed by atoms with van der Waals surface area (Å²) in [5.41, 5.74) is 6.92. The molecule has 3 aromatic rings. The first-order valence-corrected chi connectivity index (χ1v) is 18.1. The molecular weight excluding hydrogens is 611 g/mol. The lowest BCUT2D eigenvalue weighted by Crippen LogP contribution is -2.48. The number of nitrogens with zero attached hydrogens (tertiary/aromatic N) is 2. The first-order valence-electron chi connectivity index (χ1n) is 18.1. The van der Waals surface area contributed by atoms with E-state index in [1.165, 1.54) is 11.1 Å². The van der Waals surface area contributed by atoms with E-state index in [0.29, 0.717) is 25.6 Å². The molecule has 3 fully saturated rings. The van der Waals surface area contributed by atoms with E-state index in [2.05, 4.69) is 54.3 Å². The van der Waals surface area contributed by atoms with Crippen LogP contribution in [0.2, 0.25) is 6.32 Å². The standard InChI is InChI=1S/C41H47BN2O5/c1-2-9-32-25-35-39(41(47)44(40(35)46)33-20-22-43(23-21-33)27-29-10-5-3-6-11-29)36-26-42(48)49-37(38(32)36)19-16-31(30-12-7-4-8-13-30)24-28-14-17-34(45)18-15-28/h3-8,10-15,17-18,24,33,35-37,39,45,48H,2,9,16,19-23,25-27H2,1H3/b31-24-/t35-,36+,37-,39-/m1/s1. The molecule has 3 aliphatic heterocycles. The summed E-state index contributed by atoms with van der Waals surface area (Å²) in [5, 5.41) is 20.9. The number of hydrogen-bond acceptors (Lipinski definition) is 6. The zero-order valence-corrected chi connectivity index (χ0v) is 28.4. The van der Waals surface area contributed by atoms with Gasteiger partial charge in [0.2, 0.25) is 11.8 Å². The molecule has 254 valence electrons. The molecule has 0 radical (unpaired) electrons. The number of likely N-dealkylation sites (tertiary alicyclic amines) is 2. The number of amides is 2. The average Bonchev–Trinajstić information content (AvgIpc) is 3.37. The van der Waals surface area contributed by atoms with Gasteiger partial charge in [-0.05, 0) is 90.7 Å². The van der Waals surface area contributed by atoms with Crippen LogP contribution >= 0.6 is 0 Å². The van der Waals surface area contributed by atoms with Gasteiger partial charge in [-0.25, -0.2) is 0 Å². The highest BCUT2D eigenvalue weighted by atomic mass is 16.5. The van der Waals surface area contributed by atoms with Crippen molar-refractivity contribution >= 4 is 30.6 Å². The number of allylic oxidation sites excluding steroid dienone is 2. The number of rotatable bonds is 10. The van der Waals surface area contributed by atoms with Crippen molar-refractivity contribution in [1.82, 2.24) is 9.80 Å². The van der Waals surface area contributed by atoms with Crippen LogP contribution in [-0.2, 0) is 20.8 Å². The van der Waals surface area contributed by atoms with E-state index >= 15 is 0 Å². The summed E-state index contributed by atoms with van der Waals surface area (Å²) in [6.45, 7) is 4.76. The lowest BCUT2D eigenvalue weighted by atomic mass is 9.58. The zero-order valence-electron chi connectivity index (χ0n) is 28.4. The maximum Gasteiger partial charge on any atom is 0.455 e. The Morgan fingerprint density at radius 3 is 2.31 bits per heavy atom. The minimum absolute atomic E-state index is 0.00936. The Kier molecular flexibility index (Phi) is 10.2. The molecule has 3 saturated heterocycles. The monoisotopic (exact) mass is 658 g/mol. The van der Waals surface area contributed by atoms with Crippen LogP contribution in [-0.4, -0.2) is 64.1 Å². The molecule has 4 aliphatic rings. The molecule has 0 aromatic heterocycles. The molecule has 7 rings (SSSR count). The number of fused-ring (bicyclic) bond motifs is 3. The van der Waals surface area contributed by atoms with Gasteiger partial charge in [0.25, 0.3) is 0 Å². The molecule has 0 saturated carbocycles. The van der Waals surface area contributed by atoms with E-state index in [4.69, 9.17) is 4.65 Å². The SMILES string of the molecule is CCCC1=C2[C@@H](CC/C(=C/c3ccc(O)cc3)c3ccccc3)OB(O)C[C@@H]2[C@@H]2C(=O)N(C3CCN(Cc4ccccc4)CC3)C(=O)[C@@H]2C1. The highest BCUT2D eigenvalue weighted by molar-refractivity contribution is 6.43. The molecule has 2 N–H and O–H groups in total. The Hall–Kier alpha value is -3.98. The third-order valence-corrected chi connectivity index (χ3v) is 11.1. The average molecular weight is 659 g/mol. The van der Waals surface area contributed by atoms with Gasteiger partial charge >= 0.3 is 7.12 Å². The molecule has 0 bridgehead atoms. The quantitative estimate of drug-likeness (QED) is 0.106. The van der Waals surface area contributed by atoms with Crippen molar-refractivity contribution in [2.75, 3.05) is 13.1 Å². The van der Waals surface area contributed by atoms with E-state index in [0.717, 1.165) is 67.6 Å². The largest absolute Gasteiger partial charge is 0.508 e. The van der Waals surface area contributed by atoms with Gasteiger partial charge in [-0.2, -0.15) is 0 Å². The summed E-state index contributed by atoms with van der Waals surface area (Å²) < 4.78 is 6.32. The number of aromatic hydroxyl groups is 1. The number of phenolic OH excluding ortho intramolecular Hbond substituents is 1. The van der Waals surface area contributed by atoms with Gasteiger partial charge in [-0.1, -0.05) is 97.8 Å². The molecule has 3 heterocycles. The Balaban J connectivity index is 1.11. The summed E-state index contributed by atoms with van der Waals surface area (Å²) in [7, 11) is -0.986. The topological polar surface area (TPSA) is 90.3 Å². The van der Waals surface area contributed by atoms with E-state index in [-0.39, 0.29) is 41.5 Å². The lowest BCUT2D eigenvalue weighted by Gasteiger charge is -2.43. The lowest BCUT2D eigenvalue weighted by molar-refractivity contribution is -0.144. The maximum absolute atomic E-state index is 14.4. The highest BCUT2D eigenvalue weighted by Crippen LogP contribution is 2.52. The second-order valence-electron chi connectivity index (χ2n) is 14.3. The number of carbonyl (C=O) groups excluding carboxylic acids is 2. The van der Waals surface area contributed by atoms with Gasteiger partial charge in [0.15, 0.2) is 0 Å². The second kappa shape index (κ2) is 14.9. The van der Waals surface area contributed by atoms with Gasteiger partial charge in [0.1, 0.15) is 5.75 Å². The molecule has 0 unspecified atom stereocenters. The fourth-order valence-electron chi connectivity index (χ4n) is 8.87. The van der Waals surface area contributed by atoms with Crippen LogP contribution < -0.4 is 0 Å². The number of carbonyl (C=O) groups is 2. The van der Waals surface area contributed by atoms with Gasteiger partial charge in [-0.3, -0.25) is 19.4 Å². The molecule has 8 heteroatoms. The number of hydrogen-bond donors (Lipinski definition) is 2. The molecule has 2 amide bonds. The van der Waals surface area contributed by atoms with Crippen molar-refractivity contribution in [3.63, 3.8) is 0 Å². The fraction of sp³-hybridized carbons (Fsp3) is 0.415. The third-order valence-electron chi connectivity index (χ3n) is 11.1. The summed E-state index contributed by atoms with van der Waals surface area (Å²) in [5.74, 6) is -0.815. The Labute approximate surface area is 290 Å². The summed E-state index contributed by atoms with van der Waals surface area (Å²) in [6.07, 6.45) is 7.50. The van der Waals surface area contributed by atoms with Crippen molar-refractivity contribution in [3.8, 4) is 5.75 Å². The van der Waals surface area contributed by atoms with Gasteiger partial charge in [0, 0.05) is 25.7 Å². The summed E-state index contributed by atoms with van der Waals surface area (Å²) >= 11 is 0. The Morgan fingerprint density at radius 2 is 1.61 bits per heavy atom. The fourth-order valence-corrected chi connectivity index (χ4v) is 8.87. The summed E-state index contributed by atoms with van der Waals surface area (Å²) in [6, 6.07) is 27.8. The van der Waals surface area contributed by atoms with Crippen LogP contribution in [0.3, 0.4) is 0 Å².